The molecule has 0 bridgehead atoms. The van der Waals surface area contributed by atoms with Crippen LogP contribution in [0.3, 0.4) is 0 Å². The molecule has 0 aromatic heterocycles. The van der Waals surface area contributed by atoms with Crippen LogP contribution in [-0.4, -0.2) is 33.4 Å². The molecule has 0 atom stereocenters. The molecule has 0 fully saturated rings. The lowest BCUT2D eigenvalue weighted by Crippen LogP contribution is -2.25. The Labute approximate surface area is 160 Å². The summed E-state index contributed by atoms with van der Waals surface area (Å²) >= 11 is 0. The van der Waals surface area contributed by atoms with E-state index >= 15 is 0 Å². The normalized spacial score (nSPS) is 11.7. The van der Waals surface area contributed by atoms with Gasteiger partial charge in [0.15, 0.2) is 6.61 Å². The minimum Gasteiger partial charge on any atom is -0.484 e. The second-order valence-corrected chi connectivity index (χ2v) is 7.78. The monoisotopic (exact) mass is 416 g/mol. The van der Waals surface area contributed by atoms with Crippen LogP contribution in [0.4, 0.5) is 18.9 Å². The van der Waals surface area contributed by atoms with Gasteiger partial charge in [0.1, 0.15) is 5.75 Å². The first-order chi connectivity index (χ1) is 13.0. The molecule has 0 aliphatic heterocycles. The van der Waals surface area contributed by atoms with Crippen molar-refractivity contribution in [1.82, 2.24) is 5.32 Å². The number of nitrogens with one attached hydrogen (secondary N) is 2. The summed E-state index contributed by atoms with van der Waals surface area (Å²) in [5, 5.41) is 2.68. The van der Waals surface area contributed by atoms with Gasteiger partial charge in [-0.2, -0.15) is 13.2 Å². The molecule has 0 aliphatic carbocycles. The Morgan fingerprint density at radius 1 is 1.07 bits per heavy atom. The molecule has 0 spiro atoms. The van der Waals surface area contributed by atoms with Crippen LogP contribution in [0.1, 0.15) is 11.1 Å². The third-order valence-corrected chi connectivity index (χ3v) is 4.07. The quantitative estimate of drug-likeness (QED) is 0.693. The first kappa shape index (κ1) is 21.5. The zero-order valence-corrected chi connectivity index (χ0v) is 15.7. The van der Waals surface area contributed by atoms with E-state index < -0.39 is 22.8 Å². The van der Waals surface area contributed by atoms with E-state index in [-0.39, 0.29) is 24.6 Å². The average Bonchev–Trinajstić information content (AvgIpc) is 2.59. The highest BCUT2D eigenvalue weighted by Crippen LogP contribution is 2.19. The number of hydrogen-bond acceptors (Lipinski definition) is 4. The Kier molecular flexibility index (Phi) is 6.90. The molecule has 28 heavy (non-hydrogen) atoms. The first-order valence-corrected chi connectivity index (χ1v) is 10.0. The van der Waals surface area contributed by atoms with E-state index in [4.69, 9.17) is 0 Å². The molecule has 0 saturated carbocycles. The molecule has 2 N–H and O–H groups in total. The molecule has 2 rings (SSSR count). The van der Waals surface area contributed by atoms with Crippen LogP contribution in [0.25, 0.3) is 0 Å². The molecule has 6 nitrogen and oxygen atoms in total. The number of alkyl halides is 3. The summed E-state index contributed by atoms with van der Waals surface area (Å²) in [5.41, 5.74) is 1.52. The zero-order chi connectivity index (χ0) is 20.8. The molecule has 2 aromatic rings. The SMILES string of the molecule is CS(=O)(=O)Nc1ccccc1CC(=O)NCc1ccc(OCC(F)(F)F)cc1. The van der Waals surface area contributed by atoms with E-state index in [1.807, 2.05) is 0 Å². The summed E-state index contributed by atoms with van der Waals surface area (Å²) in [5.74, 6) is -0.256. The van der Waals surface area contributed by atoms with Gasteiger partial charge in [0.05, 0.1) is 18.4 Å². The van der Waals surface area contributed by atoms with Crippen LogP contribution < -0.4 is 14.8 Å². The van der Waals surface area contributed by atoms with Crippen molar-refractivity contribution < 1.29 is 31.1 Å². The highest BCUT2D eigenvalue weighted by Gasteiger charge is 2.28. The molecular weight excluding hydrogens is 397 g/mol. The van der Waals surface area contributed by atoms with Gasteiger partial charge in [-0.05, 0) is 29.3 Å². The summed E-state index contributed by atoms with van der Waals surface area (Å²) in [6.07, 6.45) is -3.42. The molecule has 1 amide bonds. The van der Waals surface area contributed by atoms with Gasteiger partial charge in [-0.15, -0.1) is 0 Å². The Hall–Kier alpha value is -2.75. The highest BCUT2D eigenvalue weighted by molar-refractivity contribution is 7.92. The summed E-state index contributed by atoms with van der Waals surface area (Å²) in [4.78, 5) is 12.1. The Morgan fingerprint density at radius 3 is 2.32 bits per heavy atom. The van der Waals surface area contributed by atoms with Gasteiger partial charge in [0, 0.05) is 6.54 Å². The molecule has 10 heteroatoms. The number of halogens is 3. The second kappa shape index (κ2) is 8.96. The molecule has 0 aliphatic rings. The Balaban J connectivity index is 1.89. The fourth-order valence-corrected chi connectivity index (χ4v) is 2.88. The molecule has 2 aromatic carbocycles. The number of carbonyl (C=O) groups is 1. The lowest BCUT2D eigenvalue weighted by Gasteiger charge is -2.11. The number of carbonyl (C=O) groups excluding carboxylic acids is 1. The summed E-state index contributed by atoms with van der Waals surface area (Å²) in [6, 6.07) is 12.4. The van der Waals surface area contributed by atoms with E-state index in [0.717, 1.165) is 6.26 Å². The molecule has 152 valence electrons. The standard InChI is InChI=1S/C18H19F3N2O4S/c1-28(25,26)23-16-5-3-2-4-14(16)10-17(24)22-11-13-6-8-15(9-7-13)27-12-18(19,20)21/h2-9,23H,10-12H2,1H3,(H,22,24). The zero-order valence-electron chi connectivity index (χ0n) is 14.9. The number of benzene rings is 2. The summed E-state index contributed by atoms with van der Waals surface area (Å²) in [7, 11) is -3.47. The number of amides is 1. The predicted octanol–water partition coefficient (Wildman–Crippen LogP) is 2.86. The van der Waals surface area contributed by atoms with Crippen molar-refractivity contribution in [3.63, 3.8) is 0 Å². The lowest BCUT2D eigenvalue weighted by atomic mass is 10.1. The first-order valence-electron chi connectivity index (χ1n) is 8.13. The maximum atomic E-state index is 12.1. The molecule has 0 radical (unpaired) electrons. The van der Waals surface area contributed by atoms with E-state index in [9.17, 15) is 26.4 Å². The van der Waals surface area contributed by atoms with Crippen molar-refractivity contribution >= 4 is 21.6 Å². The number of hydrogen-bond donors (Lipinski definition) is 2. The van der Waals surface area contributed by atoms with Crippen LogP contribution >= 0.6 is 0 Å². The van der Waals surface area contributed by atoms with Crippen molar-refractivity contribution in [2.45, 2.75) is 19.1 Å². The van der Waals surface area contributed by atoms with Crippen molar-refractivity contribution in [3.05, 3.63) is 59.7 Å². The fraction of sp³-hybridized carbons (Fsp3) is 0.278. The number of sulfonamides is 1. The topological polar surface area (TPSA) is 84.5 Å². The van der Waals surface area contributed by atoms with Crippen LogP contribution in [0.15, 0.2) is 48.5 Å². The fourth-order valence-electron chi connectivity index (χ4n) is 2.28. The molecule has 0 unspecified atom stereocenters. The van der Waals surface area contributed by atoms with Gasteiger partial charge in [-0.1, -0.05) is 30.3 Å². The van der Waals surface area contributed by atoms with E-state index in [2.05, 4.69) is 14.8 Å². The van der Waals surface area contributed by atoms with Gasteiger partial charge < -0.3 is 10.1 Å². The molecular formula is C18H19F3N2O4S. The van der Waals surface area contributed by atoms with Crippen LogP contribution in [0.5, 0.6) is 5.75 Å². The predicted molar refractivity (Wildman–Crippen MR) is 98.5 cm³/mol. The number of rotatable bonds is 8. The van der Waals surface area contributed by atoms with Crippen molar-refractivity contribution in [2.75, 3.05) is 17.6 Å². The van der Waals surface area contributed by atoms with Crippen LogP contribution in [0.2, 0.25) is 0 Å². The second-order valence-electron chi connectivity index (χ2n) is 6.03. The molecule has 0 heterocycles. The number of para-hydroxylation sites is 1. The van der Waals surface area contributed by atoms with Gasteiger partial charge in [0.2, 0.25) is 15.9 Å². The van der Waals surface area contributed by atoms with Crippen molar-refractivity contribution in [1.29, 1.82) is 0 Å². The van der Waals surface area contributed by atoms with Crippen LogP contribution in [0, 0.1) is 0 Å². The van der Waals surface area contributed by atoms with Crippen molar-refractivity contribution in [2.24, 2.45) is 0 Å². The third kappa shape index (κ3) is 7.87. The van der Waals surface area contributed by atoms with Crippen molar-refractivity contribution in [3.8, 4) is 5.75 Å². The van der Waals surface area contributed by atoms with Gasteiger partial charge in [-0.25, -0.2) is 8.42 Å². The maximum absolute atomic E-state index is 12.1. The van der Waals surface area contributed by atoms with Gasteiger partial charge in [-0.3, -0.25) is 9.52 Å². The van der Waals surface area contributed by atoms with Gasteiger partial charge in [0.25, 0.3) is 0 Å². The third-order valence-electron chi connectivity index (χ3n) is 3.48. The Morgan fingerprint density at radius 2 is 1.71 bits per heavy atom. The minimum atomic E-state index is -4.41. The Bertz CT molecular complexity index is 913. The average molecular weight is 416 g/mol. The maximum Gasteiger partial charge on any atom is 0.422 e. The lowest BCUT2D eigenvalue weighted by molar-refractivity contribution is -0.153. The number of anilines is 1. The van der Waals surface area contributed by atoms with E-state index in [1.54, 1.807) is 36.4 Å². The van der Waals surface area contributed by atoms with Gasteiger partial charge >= 0.3 is 6.18 Å². The summed E-state index contributed by atoms with van der Waals surface area (Å²) in [6.45, 7) is -1.20. The smallest absolute Gasteiger partial charge is 0.422 e. The number of ether oxygens (including phenoxy) is 1. The molecule has 0 saturated heterocycles. The van der Waals surface area contributed by atoms with E-state index in [0.29, 0.717) is 16.8 Å². The minimum absolute atomic E-state index is 0.0362. The highest BCUT2D eigenvalue weighted by atomic mass is 32.2. The van der Waals surface area contributed by atoms with E-state index in [1.165, 1.54) is 12.1 Å². The van der Waals surface area contributed by atoms with Crippen LogP contribution in [-0.2, 0) is 27.8 Å². The largest absolute Gasteiger partial charge is 0.484 e. The summed E-state index contributed by atoms with van der Waals surface area (Å²) < 4.78 is 66.1.